The highest BCUT2D eigenvalue weighted by Crippen LogP contribution is 2.20. The Morgan fingerprint density at radius 1 is 1.00 bits per heavy atom. The second kappa shape index (κ2) is 6.35. The average molecular weight is 278 g/mol. The van der Waals surface area contributed by atoms with Crippen molar-refractivity contribution in [2.75, 3.05) is 18.0 Å². The van der Waals surface area contributed by atoms with Crippen molar-refractivity contribution in [1.29, 1.82) is 0 Å². The molecule has 1 fully saturated rings. The highest BCUT2D eigenvalue weighted by molar-refractivity contribution is 6.06. The number of allylic oxidation sites excluding steroid dienone is 1. The van der Waals surface area contributed by atoms with Crippen LogP contribution in [0.4, 0.5) is 5.69 Å². The summed E-state index contributed by atoms with van der Waals surface area (Å²) in [6, 6.07) is 11.8. The molecule has 21 heavy (non-hydrogen) atoms. The number of hydrogen-bond donors (Lipinski definition) is 0. The number of nitrogens with zero attached hydrogens (tertiary/aromatic N) is 2. The van der Waals surface area contributed by atoms with Gasteiger partial charge in [0.1, 0.15) is 0 Å². The second-order valence-corrected chi connectivity index (χ2v) is 5.22. The Labute approximate surface area is 124 Å². The number of rotatable bonds is 4. The van der Waals surface area contributed by atoms with Crippen LogP contribution in [-0.2, 0) is 0 Å². The highest BCUT2D eigenvalue weighted by atomic mass is 16.1. The summed E-state index contributed by atoms with van der Waals surface area (Å²) in [4.78, 5) is 18.3. The van der Waals surface area contributed by atoms with Crippen molar-refractivity contribution in [2.45, 2.75) is 12.8 Å². The quantitative estimate of drug-likeness (QED) is 0.633. The molecule has 0 unspecified atom stereocenters. The molecule has 0 spiro atoms. The van der Waals surface area contributed by atoms with Gasteiger partial charge in [0.05, 0.1) is 0 Å². The SMILES string of the molecule is O=C(/C=C/c1ccc(N2CCCC2)cc1)c1ccncc1. The van der Waals surface area contributed by atoms with Gasteiger partial charge in [-0.2, -0.15) is 0 Å². The number of carbonyl (C=O) groups is 1. The molecule has 0 saturated carbocycles. The van der Waals surface area contributed by atoms with Crippen LogP contribution >= 0.6 is 0 Å². The Balaban J connectivity index is 1.67. The first-order chi connectivity index (χ1) is 10.3. The molecule has 0 radical (unpaired) electrons. The second-order valence-electron chi connectivity index (χ2n) is 5.22. The van der Waals surface area contributed by atoms with E-state index in [2.05, 4.69) is 34.1 Å². The van der Waals surface area contributed by atoms with E-state index in [1.807, 2.05) is 6.08 Å². The normalized spacial score (nSPS) is 14.8. The van der Waals surface area contributed by atoms with Crippen LogP contribution in [0.25, 0.3) is 6.08 Å². The fourth-order valence-corrected chi connectivity index (χ4v) is 2.56. The number of hydrogen-bond acceptors (Lipinski definition) is 3. The molecule has 3 rings (SSSR count). The van der Waals surface area contributed by atoms with Crippen LogP contribution < -0.4 is 4.90 Å². The standard InChI is InChI=1S/C18H18N2O/c21-18(16-9-11-19-12-10-16)8-5-15-3-6-17(7-4-15)20-13-1-2-14-20/h3-12H,1-2,13-14H2/b8-5+. The van der Waals surface area contributed by atoms with Gasteiger partial charge in [0.2, 0.25) is 0 Å². The van der Waals surface area contributed by atoms with E-state index in [1.54, 1.807) is 30.6 Å². The largest absolute Gasteiger partial charge is 0.372 e. The maximum Gasteiger partial charge on any atom is 0.185 e. The summed E-state index contributed by atoms with van der Waals surface area (Å²) < 4.78 is 0. The minimum absolute atomic E-state index is 0.000944. The average Bonchev–Trinajstić information content (AvgIpc) is 3.08. The van der Waals surface area contributed by atoms with E-state index in [-0.39, 0.29) is 5.78 Å². The Morgan fingerprint density at radius 2 is 1.67 bits per heavy atom. The summed E-state index contributed by atoms with van der Waals surface area (Å²) in [7, 11) is 0. The lowest BCUT2D eigenvalue weighted by Gasteiger charge is -2.17. The monoisotopic (exact) mass is 278 g/mol. The zero-order valence-electron chi connectivity index (χ0n) is 11.9. The molecular formula is C18H18N2O. The maximum atomic E-state index is 12.0. The van der Waals surface area contributed by atoms with E-state index in [9.17, 15) is 4.79 Å². The third-order valence-electron chi connectivity index (χ3n) is 3.76. The van der Waals surface area contributed by atoms with E-state index in [1.165, 1.54) is 18.5 Å². The molecule has 1 aliphatic rings. The molecule has 1 aromatic heterocycles. The number of benzene rings is 1. The molecule has 2 aromatic rings. The molecule has 3 nitrogen and oxygen atoms in total. The molecular weight excluding hydrogens is 260 g/mol. The van der Waals surface area contributed by atoms with Gasteiger partial charge in [-0.25, -0.2) is 0 Å². The molecule has 1 aliphatic heterocycles. The summed E-state index contributed by atoms with van der Waals surface area (Å²) in [5.74, 6) is 0.000944. The van der Waals surface area contributed by atoms with Gasteiger partial charge in [-0.15, -0.1) is 0 Å². The molecule has 1 saturated heterocycles. The summed E-state index contributed by atoms with van der Waals surface area (Å²) in [5, 5.41) is 0. The van der Waals surface area contributed by atoms with Gasteiger partial charge in [0.15, 0.2) is 5.78 Å². The number of ketones is 1. The van der Waals surface area contributed by atoms with Crippen LogP contribution in [0.1, 0.15) is 28.8 Å². The van der Waals surface area contributed by atoms with Gasteiger partial charge >= 0.3 is 0 Å². The third-order valence-corrected chi connectivity index (χ3v) is 3.76. The lowest BCUT2D eigenvalue weighted by molar-refractivity contribution is 0.104. The van der Waals surface area contributed by atoms with Crippen molar-refractivity contribution in [3.8, 4) is 0 Å². The van der Waals surface area contributed by atoms with E-state index >= 15 is 0 Å². The van der Waals surface area contributed by atoms with Crippen molar-refractivity contribution < 1.29 is 4.79 Å². The molecule has 0 aliphatic carbocycles. The lowest BCUT2D eigenvalue weighted by Crippen LogP contribution is -2.17. The van der Waals surface area contributed by atoms with Crippen LogP contribution in [0.15, 0.2) is 54.9 Å². The van der Waals surface area contributed by atoms with Crippen molar-refractivity contribution in [1.82, 2.24) is 4.98 Å². The number of pyridine rings is 1. The van der Waals surface area contributed by atoms with E-state index in [4.69, 9.17) is 0 Å². The molecule has 0 bridgehead atoms. The summed E-state index contributed by atoms with van der Waals surface area (Å²) in [6.45, 7) is 2.30. The Kier molecular flexibility index (Phi) is 4.10. The number of aromatic nitrogens is 1. The van der Waals surface area contributed by atoms with E-state index in [0.29, 0.717) is 5.56 Å². The summed E-state index contributed by atoms with van der Waals surface area (Å²) >= 11 is 0. The van der Waals surface area contributed by atoms with Crippen LogP contribution in [-0.4, -0.2) is 23.9 Å². The third kappa shape index (κ3) is 3.37. The van der Waals surface area contributed by atoms with Gasteiger partial charge in [-0.1, -0.05) is 18.2 Å². The molecule has 3 heteroatoms. The zero-order valence-corrected chi connectivity index (χ0v) is 11.9. The first-order valence-corrected chi connectivity index (χ1v) is 7.30. The number of carbonyl (C=O) groups excluding carboxylic acids is 1. The van der Waals surface area contributed by atoms with Crippen molar-refractivity contribution in [3.63, 3.8) is 0 Å². The van der Waals surface area contributed by atoms with Crippen molar-refractivity contribution in [2.24, 2.45) is 0 Å². The first-order valence-electron chi connectivity index (χ1n) is 7.30. The fraction of sp³-hybridized carbons (Fsp3) is 0.222. The Morgan fingerprint density at radius 3 is 2.33 bits per heavy atom. The summed E-state index contributed by atoms with van der Waals surface area (Å²) in [6.07, 6.45) is 9.29. The van der Waals surface area contributed by atoms with Crippen LogP contribution in [0.3, 0.4) is 0 Å². The van der Waals surface area contributed by atoms with Crippen LogP contribution in [0.5, 0.6) is 0 Å². The van der Waals surface area contributed by atoms with Gasteiger partial charge in [-0.3, -0.25) is 9.78 Å². The molecule has 2 heterocycles. The predicted molar refractivity (Wildman–Crippen MR) is 85.5 cm³/mol. The van der Waals surface area contributed by atoms with Crippen LogP contribution in [0, 0.1) is 0 Å². The van der Waals surface area contributed by atoms with Gasteiger partial charge < -0.3 is 4.90 Å². The van der Waals surface area contributed by atoms with Gasteiger partial charge in [0.25, 0.3) is 0 Å². The summed E-state index contributed by atoms with van der Waals surface area (Å²) in [5.41, 5.74) is 2.97. The van der Waals surface area contributed by atoms with Crippen molar-refractivity contribution >= 4 is 17.5 Å². The maximum absolute atomic E-state index is 12.0. The lowest BCUT2D eigenvalue weighted by atomic mass is 10.1. The van der Waals surface area contributed by atoms with E-state index < -0.39 is 0 Å². The zero-order chi connectivity index (χ0) is 14.5. The minimum atomic E-state index is 0.000944. The van der Waals surface area contributed by atoms with Gasteiger partial charge in [0, 0.05) is 36.7 Å². The van der Waals surface area contributed by atoms with Gasteiger partial charge in [-0.05, 0) is 48.7 Å². The first kappa shape index (κ1) is 13.6. The Hall–Kier alpha value is -2.42. The molecule has 0 amide bonds. The van der Waals surface area contributed by atoms with E-state index in [0.717, 1.165) is 18.7 Å². The van der Waals surface area contributed by atoms with Crippen LogP contribution in [0.2, 0.25) is 0 Å². The Bertz CT molecular complexity index is 626. The number of anilines is 1. The minimum Gasteiger partial charge on any atom is -0.372 e. The topological polar surface area (TPSA) is 33.2 Å². The predicted octanol–water partition coefficient (Wildman–Crippen LogP) is 3.58. The molecule has 106 valence electrons. The molecule has 0 atom stereocenters. The van der Waals surface area contributed by atoms with Crippen molar-refractivity contribution in [3.05, 3.63) is 66.0 Å². The molecule has 0 N–H and O–H groups in total. The molecule has 1 aromatic carbocycles. The fourth-order valence-electron chi connectivity index (χ4n) is 2.56. The smallest absolute Gasteiger partial charge is 0.185 e. The highest BCUT2D eigenvalue weighted by Gasteiger charge is 2.11.